The zero-order valence-electron chi connectivity index (χ0n) is 12.1. The van der Waals surface area contributed by atoms with Crippen LogP contribution in [0.3, 0.4) is 0 Å². The maximum absolute atomic E-state index is 11.3. The number of benzene rings is 1. The fourth-order valence-electron chi connectivity index (χ4n) is 2.85. The minimum atomic E-state index is 0.207. The molecule has 0 spiro atoms. The molecule has 0 atom stereocenters. The van der Waals surface area contributed by atoms with E-state index in [0.29, 0.717) is 5.92 Å². The Morgan fingerprint density at radius 1 is 1.37 bits per heavy atom. The Morgan fingerprint density at radius 2 is 2.05 bits per heavy atom. The van der Waals surface area contributed by atoms with Crippen LogP contribution in [-0.2, 0) is 11.2 Å². The van der Waals surface area contributed by atoms with Gasteiger partial charge in [-0.3, -0.25) is 4.79 Å². The van der Waals surface area contributed by atoms with Gasteiger partial charge in [-0.15, -0.1) is 0 Å². The van der Waals surface area contributed by atoms with Crippen LogP contribution in [0.1, 0.15) is 30.9 Å². The lowest BCUT2D eigenvalue weighted by Gasteiger charge is -2.31. The van der Waals surface area contributed by atoms with Gasteiger partial charge < -0.3 is 9.64 Å². The summed E-state index contributed by atoms with van der Waals surface area (Å²) in [5, 5.41) is 0. The first-order valence-electron chi connectivity index (χ1n) is 6.99. The van der Waals surface area contributed by atoms with Gasteiger partial charge in [0, 0.05) is 20.0 Å². The highest BCUT2D eigenvalue weighted by Gasteiger charge is 2.20. The van der Waals surface area contributed by atoms with E-state index in [1.165, 1.54) is 11.1 Å². The molecule has 1 aromatic rings. The molecule has 0 N–H and O–H groups in total. The lowest BCUT2D eigenvalue weighted by Crippen LogP contribution is -2.37. The monoisotopic (exact) mass is 261 g/mol. The van der Waals surface area contributed by atoms with Crippen LogP contribution in [0.2, 0.25) is 0 Å². The number of amides is 1. The van der Waals surface area contributed by atoms with Crippen LogP contribution in [0.5, 0.6) is 5.75 Å². The molecule has 19 heavy (non-hydrogen) atoms. The van der Waals surface area contributed by atoms with Crippen molar-refractivity contribution in [2.45, 2.75) is 33.1 Å². The summed E-state index contributed by atoms with van der Waals surface area (Å²) in [6.07, 6.45) is 3.34. The van der Waals surface area contributed by atoms with Crippen LogP contribution in [0.15, 0.2) is 18.2 Å². The number of hydrogen-bond acceptors (Lipinski definition) is 2. The molecule has 0 saturated carbocycles. The molecule has 0 aromatic heterocycles. The van der Waals surface area contributed by atoms with Gasteiger partial charge in [0.15, 0.2) is 0 Å². The molecule has 1 aliphatic rings. The number of methoxy groups -OCH3 is 1. The first-order chi connectivity index (χ1) is 9.10. The Kier molecular flexibility index (Phi) is 4.46. The van der Waals surface area contributed by atoms with Gasteiger partial charge in [0.05, 0.1) is 7.11 Å². The average Bonchev–Trinajstić information content (AvgIpc) is 2.39. The number of nitrogens with zero attached hydrogens (tertiary/aromatic N) is 1. The number of carbonyl (C=O) groups is 1. The third-order valence-electron chi connectivity index (χ3n) is 4.04. The van der Waals surface area contributed by atoms with Gasteiger partial charge >= 0.3 is 0 Å². The molecule has 0 aliphatic carbocycles. The number of hydrogen-bond donors (Lipinski definition) is 0. The lowest BCUT2D eigenvalue weighted by molar-refractivity contribution is -0.130. The first kappa shape index (κ1) is 13.9. The number of likely N-dealkylation sites (tertiary alicyclic amines) is 1. The van der Waals surface area contributed by atoms with Crippen molar-refractivity contribution in [3.05, 3.63) is 29.3 Å². The molecule has 3 nitrogen and oxygen atoms in total. The van der Waals surface area contributed by atoms with Crippen molar-refractivity contribution < 1.29 is 9.53 Å². The molecule has 3 heteroatoms. The van der Waals surface area contributed by atoms with E-state index in [1.807, 2.05) is 4.90 Å². The highest BCUT2D eigenvalue weighted by atomic mass is 16.5. The highest BCUT2D eigenvalue weighted by molar-refractivity contribution is 5.73. The minimum absolute atomic E-state index is 0.207. The van der Waals surface area contributed by atoms with Crippen molar-refractivity contribution in [2.24, 2.45) is 5.92 Å². The molecule has 1 saturated heterocycles. The molecular weight excluding hydrogens is 238 g/mol. The maximum Gasteiger partial charge on any atom is 0.219 e. The molecule has 104 valence electrons. The molecule has 1 aliphatic heterocycles. The smallest absolute Gasteiger partial charge is 0.219 e. The number of ether oxygens (including phenoxy) is 1. The fraction of sp³-hybridized carbons (Fsp3) is 0.562. The summed E-state index contributed by atoms with van der Waals surface area (Å²) in [6.45, 7) is 5.57. The SMILES string of the molecule is COc1ccc(CC2CCN(C(C)=O)CC2)cc1C. The predicted octanol–water partition coefficient (Wildman–Crippen LogP) is 2.80. The van der Waals surface area contributed by atoms with Crippen LogP contribution in [0, 0.1) is 12.8 Å². The zero-order valence-corrected chi connectivity index (χ0v) is 12.1. The van der Waals surface area contributed by atoms with Crippen molar-refractivity contribution in [2.75, 3.05) is 20.2 Å². The second kappa shape index (κ2) is 6.09. The molecule has 2 rings (SSSR count). The highest BCUT2D eigenvalue weighted by Crippen LogP contribution is 2.25. The topological polar surface area (TPSA) is 29.5 Å². The second-order valence-electron chi connectivity index (χ2n) is 5.46. The molecule has 1 amide bonds. The van der Waals surface area contributed by atoms with Gasteiger partial charge in [-0.25, -0.2) is 0 Å². The standard InChI is InChI=1S/C16H23NO2/c1-12-10-15(4-5-16(12)19-3)11-14-6-8-17(9-7-14)13(2)18/h4-5,10,14H,6-9,11H2,1-3H3. The van der Waals surface area contributed by atoms with Crippen molar-refractivity contribution in [3.63, 3.8) is 0 Å². The number of carbonyl (C=O) groups excluding carboxylic acids is 1. The molecule has 1 fully saturated rings. The van der Waals surface area contributed by atoms with Crippen LogP contribution in [-0.4, -0.2) is 31.0 Å². The Bertz CT molecular complexity index is 448. The molecular formula is C16H23NO2. The van der Waals surface area contributed by atoms with Gasteiger partial charge in [0.2, 0.25) is 5.91 Å². The van der Waals surface area contributed by atoms with Crippen molar-refractivity contribution in [1.82, 2.24) is 4.90 Å². The molecule has 0 radical (unpaired) electrons. The summed E-state index contributed by atoms with van der Waals surface area (Å²) >= 11 is 0. The predicted molar refractivity (Wildman–Crippen MR) is 76.4 cm³/mol. The Balaban J connectivity index is 1.92. The molecule has 0 unspecified atom stereocenters. The zero-order chi connectivity index (χ0) is 13.8. The second-order valence-corrected chi connectivity index (χ2v) is 5.46. The summed E-state index contributed by atoms with van der Waals surface area (Å²) in [7, 11) is 1.71. The normalized spacial score (nSPS) is 16.5. The quantitative estimate of drug-likeness (QED) is 0.837. The minimum Gasteiger partial charge on any atom is -0.496 e. The van der Waals surface area contributed by atoms with Crippen LogP contribution < -0.4 is 4.74 Å². The van der Waals surface area contributed by atoms with E-state index < -0.39 is 0 Å². The Morgan fingerprint density at radius 3 is 2.58 bits per heavy atom. The van der Waals surface area contributed by atoms with E-state index in [-0.39, 0.29) is 5.91 Å². The number of aryl methyl sites for hydroxylation is 1. The third kappa shape index (κ3) is 3.49. The van der Waals surface area contributed by atoms with Gasteiger partial charge in [-0.2, -0.15) is 0 Å². The Hall–Kier alpha value is -1.51. The molecule has 1 aromatic carbocycles. The Labute approximate surface area is 115 Å². The summed E-state index contributed by atoms with van der Waals surface area (Å²) < 4.78 is 5.29. The largest absolute Gasteiger partial charge is 0.496 e. The average molecular weight is 261 g/mol. The molecule has 0 bridgehead atoms. The van der Waals surface area contributed by atoms with E-state index in [1.54, 1.807) is 14.0 Å². The van der Waals surface area contributed by atoms with Crippen LogP contribution >= 0.6 is 0 Å². The van der Waals surface area contributed by atoms with Crippen LogP contribution in [0.25, 0.3) is 0 Å². The fourth-order valence-corrected chi connectivity index (χ4v) is 2.85. The van der Waals surface area contributed by atoms with E-state index in [2.05, 4.69) is 25.1 Å². The van der Waals surface area contributed by atoms with Gasteiger partial charge in [-0.1, -0.05) is 12.1 Å². The van der Waals surface area contributed by atoms with Crippen molar-refractivity contribution in [1.29, 1.82) is 0 Å². The summed E-state index contributed by atoms with van der Waals surface area (Å²) in [5.41, 5.74) is 2.57. The summed E-state index contributed by atoms with van der Waals surface area (Å²) in [4.78, 5) is 13.2. The number of piperidine rings is 1. The van der Waals surface area contributed by atoms with Gasteiger partial charge in [0.25, 0.3) is 0 Å². The van der Waals surface area contributed by atoms with E-state index >= 15 is 0 Å². The van der Waals surface area contributed by atoms with E-state index in [0.717, 1.165) is 38.1 Å². The number of rotatable bonds is 3. The third-order valence-corrected chi connectivity index (χ3v) is 4.04. The van der Waals surface area contributed by atoms with Gasteiger partial charge in [0.1, 0.15) is 5.75 Å². The van der Waals surface area contributed by atoms with E-state index in [9.17, 15) is 4.79 Å². The summed E-state index contributed by atoms with van der Waals surface area (Å²) in [6, 6.07) is 6.43. The van der Waals surface area contributed by atoms with Crippen molar-refractivity contribution >= 4 is 5.91 Å². The maximum atomic E-state index is 11.3. The van der Waals surface area contributed by atoms with Gasteiger partial charge in [-0.05, 0) is 49.3 Å². The molecule has 1 heterocycles. The lowest BCUT2D eigenvalue weighted by atomic mass is 9.89. The summed E-state index contributed by atoms with van der Waals surface area (Å²) in [5.74, 6) is 1.86. The van der Waals surface area contributed by atoms with Crippen molar-refractivity contribution in [3.8, 4) is 5.75 Å². The first-order valence-corrected chi connectivity index (χ1v) is 6.99. The van der Waals surface area contributed by atoms with E-state index in [4.69, 9.17) is 4.74 Å². The van der Waals surface area contributed by atoms with Crippen LogP contribution in [0.4, 0.5) is 0 Å².